The number of carbonyl (C=O) groups excluding carboxylic acids is 1. The fourth-order valence-corrected chi connectivity index (χ4v) is 2.22. The minimum Gasteiger partial charge on any atom is -0.348 e. The molecular formula is C14H19FN2O. The highest BCUT2D eigenvalue weighted by atomic mass is 19.1. The van der Waals surface area contributed by atoms with Crippen LogP contribution >= 0.6 is 0 Å². The van der Waals surface area contributed by atoms with Gasteiger partial charge in [-0.15, -0.1) is 0 Å². The Morgan fingerprint density at radius 1 is 1.50 bits per heavy atom. The third kappa shape index (κ3) is 2.88. The number of carbonyl (C=O) groups is 1. The van der Waals surface area contributed by atoms with Crippen molar-refractivity contribution in [3.8, 4) is 0 Å². The second-order valence-electron chi connectivity index (χ2n) is 5.01. The molecule has 2 rings (SSSR count). The molecule has 1 aromatic carbocycles. The predicted octanol–water partition coefficient (Wildman–Crippen LogP) is 1.86. The molecule has 0 aromatic heterocycles. The number of hydrogen-bond acceptors (Lipinski definition) is 2. The Balaban J connectivity index is 2.04. The lowest BCUT2D eigenvalue weighted by atomic mass is 9.94. The van der Waals surface area contributed by atoms with Crippen molar-refractivity contribution >= 4 is 5.91 Å². The van der Waals surface area contributed by atoms with Crippen LogP contribution in [-0.4, -0.2) is 25.0 Å². The normalized spacial score (nSPS) is 23.7. The molecule has 18 heavy (non-hydrogen) atoms. The van der Waals surface area contributed by atoms with Crippen LogP contribution in [0.15, 0.2) is 18.2 Å². The number of halogens is 1. The number of rotatable bonds is 2. The van der Waals surface area contributed by atoms with Gasteiger partial charge in [0, 0.05) is 18.2 Å². The number of amides is 1. The lowest BCUT2D eigenvalue weighted by Crippen LogP contribution is -2.50. The molecule has 2 N–H and O–H groups in total. The molecule has 1 aliphatic rings. The van der Waals surface area contributed by atoms with E-state index < -0.39 is 0 Å². The van der Waals surface area contributed by atoms with Crippen molar-refractivity contribution in [1.29, 1.82) is 0 Å². The SMILES string of the molecule is Cc1cc(C(=O)N[C@H]2CNCC[C@@H]2C)ccc1F. The first-order valence-electron chi connectivity index (χ1n) is 6.35. The molecule has 1 heterocycles. The van der Waals surface area contributed by atoms with E-state index in [1.165, 1.54) is 12.1 Å². The predicted molar refractivity (Wildman–Crippen MR) is 69.0 cm³/mol. The summed E-state index contributed by atoms with van der Waals surface area (Å²) in [6, 6.07) is 4.60. The van der Waals surface area contributed by atoms with E-state index in [0.717, 1.165) is 19.5 Å². The number of hydrogen-bond donors (Lipinski definition) is 2. The second kappa shape index (κ2) is 5.48. The molecular weight excluding hydrogens is 231 g/mol. The fraction of sp³-hybridized carbons (Fsp3) is 0.500. The van der Waals surface area contributed by atoms with Gasteiger partial charge >= 0.3 is 0 Å². The molecule has 1 aliphatic heterocycles. The van der Waals surface area contributed by atoms with Crippen molar-refractivity contribution in [2.24, 2.45) is 5.92 Å². The molecule has 0 spiro atoms. The average molecular weight is 250 g/mol. The molecule has 1 amide bonds. The van der Waals surface area contributed by atoms with E-state index in [9.17, 15) is 9.18 Å². The Morgan fingerprint density at radius 3 is 2.94 bits per heavy atom. The molecule has 0 radical (unpaired) electrons. The summed E-state index contributed by atoms with van der Waals surface area (Å²) >= 11 is 0. The highest BCUT2D eigenvalue weighted by Gasteiger charge is 2.23. The van der Waals surface area contributed by atoms with Crippen LogP contribution in [0.4, 0.5) is 4.39 Å². The summed E-state index contributed by atoms with van der Waals surface area (Å²) < 4.78 is 13.1. The molecule has 0 saturated carbocycles. The van der Waals surface area contributed by atoms with Crippen LogP contribution in [0.1, 0.15) is 29.3 Å². The molecule has 0 unspecified atom stereocenters. The first-order valence-corrected chi connectivity index (χ1v) is 6.35. The molecule has 0 aliphatic carbocycles. The molecule has 98 valence electrons. The standard InChI is InChI=1S/C14H19FN2O/c1-9-5-6-16-8-13(9)17-14(18)11-3-4-12(15)10(2)7-11/h3-4,7,9,13,16H,5-6,8H2,1-2H3,(H,17,18)/t9-,13-/m0/s1. The van der Waals surface area contributed by atoms with Crippen LogP contribution in [0.25, 0.3) is 0 Å². The number of benzene rings is 1. The maximum Gasteiger partial charge on any atom is 0.251 e. The van der Waals surface area contributed by atoms with E-state index >= 15 is 0 Å². The van der Waals surface area contributed by atoms with Crippen LogP contribution < -0.4 is 10.6 Å². The Kier molecular flexibility index (Phi) is 3.97. The van der Waals surface area contributed by atoms with Crippen molar-refractivity contribution in [1.82, 2.24) is 10.6 Å². The minimum absolute atomic E-state index is 0.126. The Labute approximate surface area is 107 Å². The van der Waals surface area contributed by atoms with Gasteiger partial charge in [0.05, 0.1) is 0 Å². The maximum atomic E-state index is 13.1. The van der Waals surface area contributed by atoms with Gasteiger partial charge in [0.1, 0.15) is 5.82 Å². The van der Waals surface area contributed by atoms with E-state index in [0.29, 0.717) is 17.0 Å². The van der Waals surface area contributed by atoms with Gasteiger partial charge in [-0.3, -0.25) is 4.79 Å². The first kappa shape index (κ1) is 13.0. The topological polar surface area (TPSA) is 41.1 Å². The molecule has 2 atom stereocenters. The van der Waals surface area contributed by atoms with E-state index in [1.54, 1.807) is 13.0 Å². The molecule has 1 aromatic rings. The summed E-state index contributed by atoms with van der Waals surface area (Å²) in [5, 5.41) is 6.28. The highest BCUT2D eigenvalue weighted by Crippen LogP contribution is 2.13. The van der Waals surface area contributed by atoms with Crippen LogP contribution in [0, 0.1) is 18.7 Å². The zero-order valence-electron chi connectivity index (χ0n) is 10.8. The third-order valence-electron chi connectivity index (χ3n) is 3.56. The number of nitrogens with one attached hydrogen (secondary N) is 2. The van der Waals surface area contributed by atoms with Crippen molar-refractivity contribution in [2.75, 3.05) is 13.1 Å². The first-order chi connectivity index (χ1) is 8.58. The Hall–Kier alpha value is -1.42. The van der Waals surface area contributed by atoms with Gasteiger partial charge in [-0.25, -0.2) is 4.39 Å². The molecule has 1 saturated heterocycles. The summed E-state index contributed by atoms with van der Waals surface area (Å²) in [6.45, 7) is 5.61. The number of aryl methyl sites for hydroxylation is 1. The van der Waals surface area contributed by atoms with E-state index in [2.05, 4.69) is 17.6 Å². The van der Waals surface area contributed by atoms with Gasteiger partial charge in [0.25, 0.3) is 5.91 Å². The van der Waals surface area contributed by atoms with E-state index in [4.69, 9.17) is 0 Å². The maximum absolute atomic E-state index is 13.1. The largest absolute Gasteiger partial charge is 0.348 e. The van der Waals surface area contributed by atoms with Crippen LogP contribution in [0.5, 0.6) is 0 Å². The quantitative estimate of drug-likeness (QED) is 0.841. The lowest BCUT2D eigenvalue weighted by molar-refractivity contribution is 0.0915. The summed E-state index contributed by atoms with van der Waals surface area (Å²) in [5.74, 6) is 0.0645. The Morgan fingerprint density at radius 2 is 2.28 bits per heavy atom. The van der Waals surface area contributed by atoms with Gasteiger partial charge in [0.15, 0.2) is 0 Å². The van der Waals surface area contributed by atoms with Crippen molar-refractivity contribution in [3.63, 3.8) is 0 Å². The van der Waals surface area contributed by atoms with Crippen molar-refractivity contribution in [3.05, 3.63) is 35.1 Å². The van der Waals surface area contributed by atoms with Gasteiger partial charge < -0.3 is 10.6 Å². The van der Waals surface area contributed by atoms with Gasteiger partial charge in [-0.05, 0) is 49.6 Å². The summed E-state index contributed by atoms with van der Waals surface area (Å²) in [6.07, 6.45) is 1.06. The summed E-state index contributed by atoms with van der Waals surface area (Å²) in [4.78, 5) is 12.1. The van der Waals surface area contributed by atoms with E-state index in [1.807, 2.05) is 0 Å². The monoisotopic (exact) mass is 250 g/mol. The summed E-state index contributed by atoms with van der Waals surface area (Å²) in [5.41, 5.74) is 1.02. The lowest BCUT2D eigenvalue weighted by Gasteiger charge is -2.30. The molecule has 0 bridgehead atoms. The highest BCUT2D eigenvalue weighted by molar-refractivity contribution is 5.94. The van der Waals surface area contributed by atoms with Crippen LogP contribution in [-0.2, 0) is 0 Å². The number of piperidine rings is 1. The van der Waals surface area contributed by atoms with Gasteiger partial charge in [-0.2, -0.15) is 0 Å². The van der Waals surface area contributed by atoms with E-state index in [-0.39, 0.29) is 17.8 Å². The second-order valence-corrected chi connectivity index (χ2v) is 5.01. The molecule has 4 heteroatoms. The molecule has 1 fully saturated rings. The minimum atomic E-state index is -0.278. The van der Waals surface area contributed by atoms with Crippen LogP contribution in [0.3, 0.4) is 0 Å². The Bertz CT molecular complexity index is 447. The zero-order valence-corrected chi connectivity index (χ0v) is 10.8. The summed E-state index contributed by atoms with van der Waals surface area (Å²) in [7, 11) is 0. The van der Waals surface area contributed by atoms with Crippen molar-refractivity contribution < 1.29 is 9.18 Å². The fourth-order valence-electron chi connectivity index (χ4n) is 2.22. The van der Waals surface area contributed by atoms with Crippen molar-refractivity contribution in [2.45, 2.75) is 26.3 Å². The van der Waals surface area contributed by atoms with Crippen LogP contribution in [0.2, 0.25) is 0 Å². The third-order valence-corrected chi connectivity index (χ3v) is 3.56. The molecule has 3 nitrogen and oxygen atoms in total. The zero-order chi connectivity index (χ0) is 13.1. The average Bonchev–Trinajstić information content (AvgIpc) is 2.35. The smallest absolute Gasteiger partial charge is 0.251 e. The van der Waals surface area contributed by atoms with Gasteiger partial charge in [-0.1, -0.05) is 6.92 Å². The van der Waals surface area contributed by atoms with Gasteiger partial charge in [0.2, 0.25) is 0 Å².